The summed E-state index contributed by atoms with van der Waals surface area (Å²) in [7, 11) is 0. The summed E-state index contributed by atoms with van der Waals surface area (Å²) in [6, 6.07) is 9.69. The molecule has 0 fully saturated rings. The largest absolute Gasteiger partial charge is 0.326 e. The molecule has 0 atom stereocenters. The lowest BCUT2D eigenvalue weighted by atomic mass is 10.2. The molecule has 0 spiro atoms. The minimum Gasteiger partial charge on any atom is -0.326 e. The fourth-order valence-corrected chi connectivity index (χ4v) is 3.82. The highest BCUT2D eigenvalue weighted by molar-refractivity contribution is 8.01. The molecule has 1 N–H and O–H groups in total. The van der Waals surface area contributed by atoms with Gasteiger partial charge in [0.05, 0.1) is 6.42 Å². The molecule has 7 heteroatoms. The Morgan fingerprint density at radius 1 is 1.24 bits per heavy atom. The van der Waals surface area contributed by atoms with Crippen LogP contribution in [0.4, 0.5) is 5.69 Å². The molecule has 21 heavy (non-hydrogen) atoms. The number of aromatic nitrogens is 2. The van der Waals surface area contributed by atoms with Crippen LogP contribution in [0.25, 0.3) is 0 Å². The zero-order valence-electron chi connectivity index (χ0n) is 10.9. The maximum atomic E-state index is 11.9. The molecule has 1 aromatic carbocycles. The van der Waals surface area contributed by atoms with Gasteiger partial charge in [-0.3, -0.25) is 4.79 Å². The lowest BCUT2D eigenvalue weighted by Gasteiger charge is -2.05. The summed E-state index contributed by atoms with van der Waals surface area (Å²) in [5, 5.41) is 14.6. The van der Waals surface area contributed by atoms with Crippen LogP contribution in [0.5, 0.6) is 0 Å². The van der Waals surface area contributed by atoms with E-state index in [0.29, 0.717) is 6.42 Å². The Morgan fingerprint density at radius 2 is 2.10 bits per heavy atom. The number of amides is 1. The highest BCUT2D eigenvalue weighted by Gasteiger charge is 2.05. The maximum Gasteiger partial charge on any atom is 0.228 e. The molecule has 0 aliphatic carbocycles. The molecule has 3 rings (SSSR count). The molecule has 0 aliphatic heterocycles. The molecule has 4 nitrogen and oxygen atoms in total. The lowest BCUT2D eigenvalue weighted by Crippen LogP contribution is -2.13. The molecular formula is C14H11N3OS3. The molecule has 0 bridgehead atoms. The van der Waals surface area contributed by atoms with Crippen molar-refractivity contribution in [1.29, 1.82) is 0 Å². The summed E-state index contributed by atoms with van der Waals surface area (Å²) in [5.41, 5.74) is 3.55. The van der Waals surface area contributed by atoms with E-state index in [1.807, 2.05) is 41.1 Å². The first-order chi connectivity index (χ1) is 10.3. The van der Waals surface area contributed by atoms with Crippen molar-refractivity contribution in [2.75, 3.05) is 5.32 Å². The van der Waals surface area contributed by atoms with Gasteiger partial charge in [-0.15, -0.1) is 10.2 Å². The molecule has 3 aromatic rings. The van der Waals surface area contributed by atoms with Crippen molar-refractivity contribution in [2.45, 2.75) is 15.7 Å². The quantitative estimate of drug-likeness (QED) is 0.768. The molecule has 0 saturated heterocycles. The Labute approximate surface area is 134 Å². The van der Waals surface area contributed by atoms with Gasteiger partial charge >= 0.3 is 0 Å². The van der Waals surface area contributed by atoms with Gasteiger partial charge in [-0.25, -0.2) is 0 Å². The van der Waals surface area contributed by atoms with E-state index >= 15 is 0 Å². The van der Waals surface area contributed by atoms with Gasteiger partial charge < -0.3 is 5.32 Å². The number of carbonyl (C=O) groups excluding carboxylic acids is 1. The van der Waals surface area contributed by atoms with E-state index in [9.17, 15) is 4.79 Å². The Hall–Kier alpha value is -1.70. The van der Waals surface area contributed by atoms with Gasteiger partial charge in [0.25, 0.3) is 0 Å². The van der Waals surface area contributed by atoms with Crippen molar-refractivity contribution in [3.8, 4) is 0 Å². The molecule has 2 heterocycles. The Kier molecular flexibility index (Phi) is 4.64. The Morgan fingerprint density at radius 3 is 2.76 bits per heavy atom. The third kappa shape index (κ3) is 4.13. The van der Waals surface area contributed by atoms with Gasteiger partial charge in [0.15, 0.2) is 4.34 Å². The molecule has 2 aromatic heterocycles. The fraction of sp³-hybridized carbons (Fsp3) is 0.0714. The number of anilines is 1. The first kappa shape index (κ1) is 14.2. The van der Waals surface area contributed by atoms with Crippen LogP contribution < -0.4 is 5.32 Å². The molecule has 0 saturated carbocycles. The first-order valence-electron chi connectivity index (χ1n) is 6.14. The van der Waals surface area contributed by atoms with E-state index in [4.69, 9.17) is 0 Å². The third-order valence-electron chi connectivity index (χ3n) is 2.63. The van der Waals surface area contributed by atoms with Gasteiger partial charge in [-0.05, 0) is 46.7 Å². The summed E-state index contributed by atoms with van der Waals surface area (Å²) in [5.74, 6) is -0.00192. The van der Waals surface area contributed by atoms with E-state index < -0.39 is 0 Å². The van der Waals surface area contributed by atoms with E-state index in [1.54, 1.807) is 28.6 Å². The highest BCUT2D eigenvalue weighted by Crippen LogP contribution is 2.29. The van der Waals surface area contributed by atoms with Gasteiger partial charge in [-0.1, -0.05) is 23.1 Å². The number of carbonyl (C=O) groups is 1. The topological polar surface area (TPSA) is 54.9 Å². The number of nitrogens with one attached hydrogen (secondary N) is 1. The molecule has 1 amide bonds. The summed E-state index contributed by atoms with van der Waals surface area (Å²) in [6.45, 7) is 0. The van der Waals surface area contributed by atoms with Crippen molar-refractivity contribution in [3.63, 3.8) is 0 Å². The average Bonchev–Trinajstić information content (AvgIpc) is 3.14. The average molecular weight is 333 g/mol. The summed E-state index contributed by atoms with van der Waals surface area (Å²) >= 11 is 4.66. The number of rotatable bonds is 5. The number of hydrogen-bond donors (Lipinski definition) is 1. The monoisotopic (exact) mass is 333 g/mol. The zero-order valence-corrected chi connectivity index (χ0v) is 13.3. The zero-order chi connectivity index (χ0) is 14.5. The third-order valence-corrected chi connectivity index (χ3v) is 5.15. The number of nitrogens with zero attached hydrogens (tertiary/aromatic N) is 2. The second-order valence-electron chi connectivity index (χ2n) is 4.19. The lowest BCUT2D eigenvalue weighted by molar-refractivity contribution is -0.115. The van der Waals surface area contributed by atoms with E-state index in [2.05, 4.69) is 15.5 Å². The normalized spacial score (nSPS) is 10.5. The Balaban J connectivity index is 1.58. The van der Waals surface area contributed by atoms with Crippen LogP contribution in [-0.2, 0) is 11.2 Å². The molecule has 0 aliphatic rings. The van der Waals surface area contributed by atoms with Crippen LogP contribution in [0.2, 0.25) is 0 Å². The summed E-state index contributed by atoms with van der Waals surface area (Å²) in [4.78, 5) is 13.0. The van der Waals surface area contributed by atoms with Gasteiger partial charge in [0, 0.05) is 10.6 Å². The highest BCUT2D eigenvalue weighted by atomic mass is 32.2. The standard InChI is InChI=1S/C14H11N3OS3/c18-13(7-10-5-6-19-8-10)16-11-1-3-12(4-2-11)21-14-17-15-9-20-14/h1-6,8-9H,7H2,(H,16,18). The van der Waals surface area contributed by atoms with E-state index in [1.165, 1.54) is 11.3 Å². The number of hydrogen-bond acceptors (Lipinski definition) is 6. The van der Waals surface area contributed by atoms with E-state index in [0.717, 1.165) is 20.5 Å². The minimum atomic E-state index is -0.00192. The van der Waals surface area contributed by atoms with Crippen molar-refractivity contribution in [2.24, 2.45) is 0 Å². The predicted molar refractivity (Wildman–Crippen MR) is 87.1 cm³/mol. The smallest absolute Gasteiger partial charge is 0.228 e. The van der Waals surface area contributed by atoms with Crippen molar-refractivity contribution >= 4 is 46.0 Å². The second kappa shape index (κ2) is 6.84. The van der Waals surface area contributed by atoms with Crippen LogP contribution in [0.1, 0.15) is 5.56 Å². The number of thiophene rings is 1. The molecule has 0 radical (unpaired) electrons. The Bertz CT molecular complexity index is 694. The molecular weight excluding hydrogens is 322 g/mol. The van der Waals surface area contributed by atoms with E-state index in [-0.39, 0.29) is 5.91 Å². The fourth-order valence-electron chi connectivity index (χ4n) is 1.70. The van der Waals surface area contributed by atoms with Crippen LogP contribution >= 0.6 is 34.4 Å². The second-order valence-corrected chi connectivity index (χ2v) is 7.12. The molecule has 0 unspecified atom stereocenters. The van der Waals surface area contributed by atoms with Crippen molar-refractivity contribution < 1.29 is 4.79 Å². The maximum absolute atomic E-state index is 11.9. The van der Waals surface area contributed by atoms with Crippen LogP contribution in [-0.4, -0.2) is 16.1 Å². The minimum absolute atomic E-state index is 0.00192. The van der Waals surface area contributed by atoms with Gasteiger partial charge in [0.2, 0.25) is 5.91 Å². The summed E-state index contributed by atoms with van der Waals surface area (Å²) in [6.07, 6.45) is 0.408. The van der Waals surface area contributed by atoms with Gasteiger partial charge in [-0.2, -0.15) is 11.3 Å². The van der Waals surface area contributed by atoms with Crippen LogP contribution in [0.3, 0.4) is 0 Å². The van der Waals surface area contributed by atoms with Crippen LogP contribution in [0.15, 0.2) is 55.8 Å². The van der Waals surface area contributed by atoms with Crippen molar-refractivity contribution in [3.05, 3.63) is 52.2 Å². The SMILES string of the molecule is O=C(Cc1ccsc1)Nc1ccc(Sc2nncs2)cc1. The molecule has 106 valence electrons. The van der Waals surface area contributed by atoms with Gasteiger partial charge in [0.1, 0.15) is 5.51 Å². The predicted octanol–water partition coefficient (Wildman–Crippen LogP) is 3.93. The van der Waals surface area contributed by atoms with Crippen LogP contribution in [0, 0.1) is 0 Å². The number of benzene rings is 1. The first-order valence-corrected chi connectivity index (χ1v) is 8.78. The van der Waals surface area contributed by atoms with Crippen molar-refractivity contribution in [1.82, 2.24) is 10.2 Å². The summed E-state index contributed by atoms with van der Waals surface area (Å²) < 4.78 is 0.907.